The smallest absolute Gasteiger partial charge is 0.315 e. The van der Waals surface area contributed by atoms with Crippen LogP contribution in [-0.2, 0) is 10.2 Å². The Labute approximate surface area is 157 Å². The topological polar surface area (TPSA) is 44.1 Å². The van der Waals surface area contributed by atoms with E-state index in [0.717, 1.165) is 42.6 Å². The number of ether oxygens (including phenoxy) is 1. The van der Waals surface area contributed by atoms with Gasteiger partial charge in [-0.1, -0.05) is 59.6 Å². The van der Waals surface area contributed by atoms with Gasteiger partial charge in [0.1, 0.15) is 0 Å². The van der Waals surface area contributed by atoms with E-state index < -0.39 is 0 Å². The summed E-state index contributed by atoms with van der Waals surface area (Å²) in [6.45, 7) is 12.6. The molecule has 0 aliphatic carbocycles. The minimum absolute atomic E-state index is 0.0612. The molecule has 2 rings (SSSR count). The predicted molar refractivity (Wildman–Crippen MR) is 106 cm³/mol. The van der Waals surface area contributed by atoms with Gasteiger partial charge >= 0.3 is 5.97 Å². The monoisotopic (exact) mass is 356 g/mol. The molecule has 1 heterocycles. The van der Waals surface area contributed by atoms with E-state index in [2.05, 4.69) is 27.7 Å². The highest BCUT2D eigenvalue weighted by atomic mass is 16.5. The summed E-state index contributed by atoms with van der Waals surface area (Å²) in [5, 5.41) is 4.73. The summed E-state index contributed by atoms with van der Waals surface area (Å²) in [7, 11) is 0. The van der Waals surface area contributed by atoms with Crippen molar-refractivity contribution in [2.75, 3.05) is 0 Å². The van der Waals surface area contributed by atoms with Crippen LogP contribution in [0.3, 0.4) is 0 Å². The zero-order valence-corrected chi connectivity index (χ0v) is 17.0. The number of carbonyl (C=O) groups is 1. The van der Waals surface area contributed by atoms with Crippen molar-refractivity contribution >= 4 is 5.97 Å². The largest absolute Gasteiger partial charge is 0.407 e. The molecular weight excluding hydrogens is 324 g/mol. The number of nitrogens with zero attached hydrogens (tertiary/aromatic N) is 2. The molecule has 142 valence electrons. The van der Waals surface area contributed by atoms with Gasteiger partial charge in [-0.2, -0.15) is 5.10 Å². The molecule has 0 radical (unpaired) electrons. The summed E-state index contributed by atoms with van der Waals surface area (Å²) in [6.07, 6.45) is 3.79. The lowest BCUT2D eigenvalue weighted by atomic mass is 9.93. The first-order valence-electron chi connectivity index (χ1n) is 9.65. The van der Waals surface area contributed by atoms with Gasteiger partial charge in [-0.05, 0) is 37.5 Å². The van der Waals surface area contributed by atoms with Gasteiger partial charge in [0.15, 0.2) is 0 Å². The summed E-state index contributed by atoms with van der Waals surface area (Å²) in [5.74, 6) is 0.282. The van der Waals surface area contributed by atoms with Crippen LogP contribution in [0, 0.1) is 12.8 Å². The van der Waals surface area contributed by atoms with Crippen molar-refractivity contribution in [3.8, 4) is 11.6 Å². The molecular formula is C22H32N2O2. The van der Waals surface area contributed by atoms with Gasteiger partial charge in [-0.15, -0.1) is 0 Å². The number of benzene rings is 1. The molecule has 0 spiro atoms. The second-order valence-corrected chi connectivity index (χ2v) is 8.04. The third-order valence-electron chi connectivity index (χ3n) is 4.63. The van der Waals surface area contributed by atoms with Crippen LogP contribution in [0.4, 0.5) is 0 Å². The Morgan fingerprint density at radius 3 is 2.54 bits per heavy atom. The molecule has 0 aliphatic heterocycles. The zero-order chi connectivity index (χ0) is 19.3. The average Bonchev–Trinajstić information content (AvgIpc) is 2.99. The highest BCUT2D eigenvalue weighted by Gasteiger charge is 2.25. The molecule has 0 N–H and O–H groups in total. The van der Waals surface area contributed by atoms with Gasteiger partial charge in [0, 0.05) is 11.5 Å². The standard InChI is InChI=1S/C22H32N2O2/c1-7-9-12-17(8-2)21(25)26-20-15-19(22(4,5)6)23-24(20)18-13-10-11-16(3)14-18/h10-11,13-15,17H,7-9,12H2,1-6H3. The SMILES string of the molecule is CCCCC(CC)C(=O)Oc1cc(C(C)(C)C)nn1-c1cccc(C)c1. The lowest BCUT2D eigenvalue weighted by Gasteiger charge is -2.14. The summed E-state index contributed by atoms with van der Waals surface area (Å²) in [5.41, 5.74) is 2.83. The number of hydrogen-bond donors (Lipinski definition) is 0. The average molecular weight is 357 g/mol. The Balaban J connectivity index is 2.37. The van der Waals surface area contributed by atoms with Crippen LogP contribution in [0.15, 0.2) is 30.3 Å². The summed E-state index contributed by atoms with van der Waals surface area (Å²) in [6, 6.07) is 9.96. The number of aromatic nitrogens is 2. The summed E-state index contributed by atoms with van der Waals surface area (Å²) >= 11 is 0. The van der Waals surface area contributed by atoms with Crippen molar-refractivity contribution < 1.29 is 9.53 Å². The molecule has 1 aromatic carbocycles. The molecule has 0 aliphatic rings. The first-order chi connectivity index (χ1) is 12.3. The number of rotatable bonds is 7. The number of carbonyl (C=O) groups excluding carboxylic acids is 1. The Kier molecular flexibility index (Phi) is 6.63. The van der Waals surface area contributed by atoms with Gasteiger partial charge in [0.2, 0.25) is 5.88 Å². The second kappa shape index (κ2) is 8.52. The number of esters is 1. The van der Waals surface area contributed by atoms with Crippen LogP contribution in [0.1, 0.15) is 71.6 Å². The van der Waals surface area contributed by atoms with Crippen LogP contribution in [-0.4, -0.2) is 15.7 Å². The normalized spacial score (nSPS) is 12.8. The highest BCUT2D eigenvalue weighted by Crippen LogP contribution is 2.29. The van der Waals surface area contributed by atoms with Gasteiger partial charge in [0.25, 0.3) is 0 Å². The molecule has 0 fully saturated rings. The molecule has 0 saturated carbocycles. The van der Waals surface area contributed by atoms with E-state index in [4.69, 9.17) is 9.84 Å². The van der Waals surface area contributed by atoms with Crippen molar-refractivity contribution in [3.63, 3.8) is 0 Å². The number of aryl methyl sites for hydroxylation is 1. The zero-order valence-electron chi connectivity index (χ0n) is 17.0. The van der Waals surface area contributed by atoms with Gasteiger partial charge in [-0.3, -0.25) is 4.79 Å². The summed E-state index contributed by atoms with van der Waals surface area (Å²) < 4.78 is 7.58. The van der Waals surface area contributed by atoms with Crippen molar-refractivity contribution in [3.05, 3.63) is 41.6 Å². The fraction of sp³-hybridized carbons (Fsp3) is 0.545. The minimum atomic E-state index is -0.157. The maximum absolute atomic E-state index is 12.7. The molecule has 2 aromatic rings. The van der Waals surface area contributed by atoms with E-state index in [1.165, 1.54) is 0 Å². The second-order valence-electron chi connectivity index (χ2n) is 8.04. The highest BCUT2D eigenvalue weighted by molar-refractivity contribution is 5.74. The molecule has 26 heavy (non-hydrogen) atoms. The molecule has 0 saturated heterocycles. The molecule has 4 nitrogen and oxygen atoms in total. The fourth-order valence-corrected chi connectivity index (χ4v) is 2.87. The maximum atomic E-state index is 12.7. The van der Waals surface area contributed by atoms with E-state index >= 15 is 0 Å². The molecule has 1 aromatic heterocycles. The van der Waals surface area contributed by atoms with Crippen LogP contribution in [0.2, 0.25) is 0 Å². The Bertz CT molecular complexity index is 741. The first-order valence-corrected chi connectivity index (χ1v) is 9.65. The third-order valence-corrected chi connectivity index (χ3v) is 4.63. The molecule has 0 bridgehead atoms. The van der Waals surface area contributed by atoms with E-state index in [9.17, 15) is 4.79 Å². The van der Waals surface area contributed by atoms with E-state index in [1.807, 2.05) is 44.2 Å². The quantitative estimate of drug-likeness (QED) is 0.607. The Morgan fingerprint density at radius 1 is 1.23 bits per heavy atom. The van der Waals surface area contributed by atoms with Crippen LogP contribution >= 0.6 is 0 Å². The van der Waals surface area contributed by atoms with Gasteiger partial charge in [0.05, 0.1) is 17.3 Å². The van der Waals surface area contributed by atoms with Crippen LogP contribution in [0.25, 0.3) is 5.69 Å². The van der Waals surface area contributed by atoms with Crippen molar-refractivity contribution in [1.82, 2.24) is 9.78 Å². The minimum Gasteiger partial charge on any atom is -0.407 e. The molecule has 1 unspecified atom stereocenters. The maximum Gasteiger partial charge on any atom is 0.315 e. The van der Waals surface area contributed by atoms with Gasteiger partial charge < -0.3 is 4.74 Å². The molecule has 4 heteroatoms. The number of unbranched alkanes of at least 4 members (excludes halogenated alkanes) is 1. The lowest BCUT2D eigenvalue weighted by Crippen LogP contribution is -2.21. The Hall–Kier alpha value is -2.10. The van der Waals surface area contributed by atoms with Gasteiger partial charge in [-0.25, -0.2) is 4.68 Å². The molecule has 0 amide bonds. The van der Waals surface area contributed by atoms with E-state index in [-0.39, 0.29) is 17.3 Å². The fourth-order valence-electron chi connectivity index (χ4n) is 2.87. The third kappa shape index (κ3) is 4.96. The van der Waals surface area contributed by atoms with E-state index in [1.54, 1.807) is 4.68 Å². The molecule has 1 atom stereocenters. The van der Waals surface area contributed by atoms with Crippen molar-refractivity contribution in [1.29, 1.82) is 0 Å². The number of hydrogen-bond acceptors (Lipinski definition) is 3. The van der Waals surface area contributed by atoms with Crippen molar-refractivity contribution in [2.24, 2.45) is 5.92 Å². The lowest BCUT2D eigenvalue weighted by molar-refractivity contribution is -0.139. The van der Waals surface area contributed by atoms with Crippen molar-refractivity contribution in [2.45, 2.75) is 72.6 Å². The Morgan fingerprint density at radius 2 is 1.96 bits per heavy atom. The summed E-state index contributed by atoms with van der Waals surface area (Å²) in [4.78, 5) is 12.7. The first kappa shape index (κ1) is 20.2. The van der Waals surface area contributed by atoms with E-state index in [0.29, 0.717) is 5.88 Å². The van der Waals surface area contributed by atoms with Crippen LogP contribution in [0.5, 0.6) is 5.88 Å². The predicted octanol–water partition coefficient (Wildman–Crippen LogP) is 5.60. The van der Waals surface area contributed by atoms with Crippen LogP contribution < -0.4 is 4.74 Å².